The predicted octanol–water partition coefficient (Wildman–Crippen LogP) is 4.98. The lowest BCUT2D eigenvalue weighted by Crippen LogP contribution is -2.29. The number of unbranched alkanes of at least 4 members (excludes halogenated alkanes) is 1. The molecule has 0 spiro atoms. The zero-order valence-electron chi connectivity index (χ0n) is 21.7. The van der Waals surface area contributed by atoms with Crippen molar-refractivity contribution in [2.75, 3.05) is 18.6 Å². The molecule has 9 nitrogen and oxygen atoms in total. The molecule has 2 unspecified atom stereocenters. The summed E-state index contributed by atoms with van der Waals surface area (Å²) in [4.78, 5) is 28.1. The van der Waals surface area contributed by atoms with Crippen molar-refractivity contribution < 1.29 is 28.9 Å². The molecule has 5 rings (SSSR count). The van der Waals surface area contributed by atoms with Crippen LogP contribution in [-0.4, -0.2) is 46.8 Å². The summed E-state index contributed by atoms with van der Waals surface area (Å²) in [6.07, 6.45) is 2.60. The van der Waals surface area contributed by atoms with Gasteiger partial charge in [0.15, 0.2) is 11.5 Å². The number of amides is 1. The normalized spacial score (nSPS) is 19.9. The third kappa shape index (κ3) is 4.60. The number of aliphatic hydroxyl groups is 1. The zero-order valence-corrected chi connectivity index (χ0v) is 22.5. The number of rotatable bonds is 8. The van der Waals surface area contributed by atoms with E-state index in [4.69, 9.17) is 14.2 Å². The number of nitrogens with zero attached hydrogens (tertiary/aromatic N) is 3. The number of anilines is 1. The number of aromatic nitrogens is 2. The Morgan fingerprint density at radius 1 is 1.18 bits per heavy atom. The molecule has 2 aromatic carbocycles. The maximum Gasteiger partial charge on any atom is 0.301 e. The number of hydrogen-bond donors (Lipinski definition) is 1. The third-order valence-corrected chi connectivity index (χ3v) is 7.43. The Bertz CT molecular complexity index is 1430. The van der Waals surface area contributed by atoms with Crippen LogP contribution in [0.4, 0.5) is 5.13 Å². The van der Waals surface area contributed by atoms with Crippen LogP contribution in [0.3, 0.4) is 0 Å². The first-order chi connectivity index (χ1) is 18.3. The van der Waals surface area contributed by atoms with Crippen LogP contribution >= 0.6 is 11.3 Å². The highest BCUT2D eigenvalue weighted by molar-refractivity contribution is 7.15. The van der Waals surface area contributed by atoms with Crippen molar-refractivity contribution in [1.82, 2.24) is 10.2 Å². The first-order valence-electron chi connectivity index (χ1n) is 12.5. The van der Waals surface area contributed by atoms with Crippen molar-refractivity contribution >= 4 is 33.9 Å². The van der Waals surface area contributed by atoms with Crippen molar-refractivity contribution in [3.63, 3.8) is 0 Å². The number of hydrogen-bond acceptors (Lipinski definition) is 9. The average molecular weight is 536 g/mol. The average Bonchev–Trinajstić information content (AvgIpc) is 3.58. The Morgan fingerprint density at radius 2 is 2.00 bits per heavy atom. The maximum absolute atomic E-state index is 13.4. The van der Waals surface area contributed by atoms with Crippen LogP contribution in [0.1, 0.15) is 54.4 Å². The number of carbonyl (C=O) groups excluding carboxylic acids is 2. The molecular weight excluding hydrogens is 506 g/mol. The van der Waals surface area contributed by atoms with E-state index in [1.165, 1.54) is 23.3 Å². The van der Waals surface area contributed by atoms with Gasteiger partial charge in [-0.05, 0) is 61.7 Å². The summed E-state index contributed by atoms with van der Waals surface area (Å²) >= 11 is 1.20. The first-order valence-corrected chi connectivity index (χ1v) is 13.4. The largest absolute Gasteiger partial charge is 0.507 e. The molecule has 3 heterocycles. The second-order valence-corrected chi connectivity index (χ2v) is 10.5. The quantitative estimate of drug-likeness (QED) is 0.186. The summed E-state index contributed by atoms with van der Waals surface area (Å²) in [6.45, 7) is 6.36. The second-order valence-electron chi connectivity index (χ2n) is 9.34. The van der Waals surface area contributed by atoms with E-state index >= 15 is 0 Å². The molecule has 10 heteroatoms. The molecule has 1 N–H and O–H groups in total. The van der Waals surface area contributed by atoms with Gasteiger partial charge in [-0.25, -0.2) is 0 Å². The summed E-state index contributed by atoms with van der Waals surface area (Å²) in [5.74, 6) is -0.0799. The molecule has 2 aliphatic rings. The van der Waals surface area contributed by atoms with Gasteiger partial charge >= 0.3 is 5.91 Å². The monoisotopic (exact) mass is 535 g/mol. The van der Waals surface area contributed by atoms with Gasteiger partial charge in [-0.3, -0.25) is 14.5 Å². The van der Waals surface area contributed by atoms with Crippen LogP contribution in [0.5, 0.6) is 17.2 Å². The number of aryl methyl sites for hydroxylation is 1. The number of aliphatic hydroxyl groups excluding tert-OH is 1. The SMILES string of the molecule is CCCCOc1ccc(C2C(=C(O)c3ccc4c(c3)CC(C)O4)C(=O)C(=O)N2c2nnc(C)s2)cc1OC. The second kappa shape index (κ2) is 10.4. The van der Waals surface area contributed by atoms with Crippen LogP contribution in [0.25, 0.3) is 5.76 Å². The van der Waals surface area contributed by atoms with Crippen molar-refractivity contribution in [2.24, 2.45) is 0 Å². The smallest absolute Gasteiger partial charge is 0.301 e. The minimum Gasteiger partial charge on any atom is -0.507 e. The van der Waals surface area contributed by atoms with Gasteiger partial charge in [0.2, 0.25) is 5.13 Å². The van der Waals surface area contributed by atoms with Crippen LogP contribution in [0.15, 0.2) is 42.0 Å². The lowest BCUT2D eigenvalue weighted by molar-refractivity contribution is -0.132. The summed E-state index contributed by atoms with van der Waals surface area (Å²) in [6, 6.07) is 9.58. The highest BCUT2D eigenvalue weighted by Crippen LogP contribution is 2.45. The molecule has 0 radical (unpaired) electrons. The highest BCUT2D eigenvalue weighted by Gasteiger charge is 2.48. The number of ketones is 1. The molecule has 0 bridgehead atoms. The number of ether oxygens (including phenoxy) is 3. The standard InChI is InChI=1S/C28H29N3O6S/c1-5-6-11-36-21-10-7-17(14-22(21)35-4)24-23(26(33)27(34)31(24)28-30-29-16(3)38-28)25(32)18-8-9-20-19(13-18)12-15(2)37-20/h7-10,13-15,24,32H,5-6,11-12H2,1-4H3. The van der Waals surface area contributed by atoms with Gasteiger partial charge in [-0.1, -0.05) is 30.7 Å². The Hall–Kier alpha value is -3.92. The summed E-state index contributed by atoms with van der Waals surface area (Å²) in [5.41, 5.74) is 1.90. The van der Waals surface area contributed by atoms with Crippen molar-refractivity contribution in [1.29, 1.82) is 0 Å². The topological polar surface area (TPSA) is 111 Å². The van der Waals surface area contributed by atoms with Crippen LogP contribution < -0.4 is 19.1 Å². The number of benzene rings is 2. The van der Waals surface area contributed by atoms with E-state index in [0.717, 1.165) is 24.2 Å². The van der Waals surface area contributed by atoms with Crippen molar-refractivity contribution in [3.05, 3.63) is 63.7 Å². The Morgan fingerprint density at radius 3 is 2.71 bits per heavy atom. The molecule has 38 heavy (non-hydrogen) atoms. The third-order valence-electron chi connectivity index (χ3n) is 6.59. The van der Waals surface area contributed by atoms with Crippen LogP contribution in [0, 0.1) is 6.92 Å². The number of carbonyl (C=O) groups is 2. The van der Waals surface area contributed by atoms with Gasteiger partial charge in [-0.2, -0.15) is 0 Å². The lowest BCUT2D eigenvalue weighted by Gasteiger charge is -2.23. The number of fused-ring (bicyclic) bond motifs is 1. The molecule has 1 fully saturated rings. The van der Waals surface area contributed by atoms with E-state index in [2.05, 4.69) is 17.1 Å². The lowest BCUT2D eigenvalue weighted by atomic mass is 9.94. The molecule has 1 saturated heterocycles. The molecule has 2 aliphatic heterocycles. The molecule has 0 saturated carbocycles. The number of Topliss-reactive ketones (excluding diaryl/α,β-unsaturated/α-hetero) is 1. The van der Waals surface area contributed by atoms with Crippen LogP contribution in [-0.2, 0) is 16.0 Å². The van der Waals surface area contributed by atoms with E-state index in [1.54, 1.807) is 43.3 Å². The fraction of sp³-hybridized carbons (Fsp3) is 0.357. The molecule has 1 aromatic heterocycles. The molecular formula is C28H29N3O6S. The van der Waals surface area contributed by atoms with E-state index in [9.17, 15) is 14.7 Å². The molecule has 3 aromatic rings. The Labute approximate surface area is 224 Å². The minimum atomic E-state index is -0.940. The van der Waals surface area contributed by atoms with E-state index < -0.39 is 17.7 Å². The highest BCUT2D eigenvalue weighted by atomic mass is 32.1. The summed E-state index contributed by atoms with van der Waals surface area (Å²) in [7, 11) is 1.53. The van der Waals surface area contributed by atoms with E-state index in [1.807, 2.05) is 6.92 Å². The minimum absolute atomic E-state index is 0.0270. The van der Waals surface area contributed by atoms with Gasteiger partial charge in [-0.15, -0.1) is 10.2 Å². The van der Waals surface area contributed by atoms with E-state index in [0.29, 0.717) is 40.7 Å². The van der Waals surface area contributed by atoms with Crippen molar-refractivity contribution in [2.45, 2.75) is 52.2 Å². The van der Waals surface area contributed by atoms with Crippen LogP contribution in [0.2, 0.25) is 0 Å². The Kier molecular flexibility index (Phi) is 7.07. The summed E-state index contributed by atoms with van der Waals surface area (Å²) in [5, 5.41) is 20.6. The molecule has 0 aliphatic carbocycles. The first kappa shape index (κ1) is 25.7. The predicted molar refractivity (Wildman–Crippen MR) is 143 cm³/mol. The fourth-order valence-corrected chi connectivity index (χ4v) is 5.47. The van der Waals surface area contributed by atoms with Gasteiger partial charge in [0.25, 0.3) is 5.78 Å². The van der Waals surface area contributed by atoms with E-state index in [-0.39, 0.29) is 22.6 Å². The number of methoxy groups -OCH3 is 1. The van der Waals surface area contributed by atoms with Crippen molar-refractivity contribution in [3.8, 4) is 17.2 Å². The molecule has 1 amide bonds. The van der Waals surface area contributed by atoms with Gasteiger partial charge in [0, 0.05) is 12.0 Å². The van der Waals surface area contributed by atoms with Gasteiger partial charge < -0.3 is 19.3 Å². The zero-order chi connectivity index (χ0) is 27.0. The Balaban J connectivity index is 1.64. The maximum atomic E-state index is 13.4. The van der Waals surface area contributed by atoms with Gasteiger partial charge in [0.1, 0.15) is 22.6 Å². The fourth-order valence-electron chi connectivity index (χ4n) is 4.75. The summed E-state index contributed by atoms with van der Waals surface area (Å²) < 4.78 is 17.2. The van der Waals surface area contributed by atoms with Gasteiger partial charge in [0.05, 0.1) is 25.3 Å². The molecule has 2 atom stereocenters. The molecule has 198 valence electrons.